The van der Waals surface area contributed by atoms with Crippen molar-refractivity contribution in [2.24, 2.45) is 5.92 Å². The maximum absolute atomic E-state index is 15.8. The maximum atomic E-state index is 15.8. The largest absolute Gasteiger partial charge is 0.391 e. The number of aromatic amines is 1. The van der Waals surface area contributed by atoms with Crippen LogP contribution in [0.25, 0.3) is 11.3 Å². The normalized spacial score (nSPS) is 13.6. The summed E-state index contributed by atoms with van der Waals surface area (Å²) in [4.78, 5) is 28.8. The number of aliphatic hydroxyl groups excluding tert-OH is 1. The number of aromatic nitrogens is 4. The van der Waals surface area contributed by atoms with Crippen molar-refractivity contribution in [1.29, 1.82) is 0 Å². The number of pyridine rings is 1. The Hall–Kier alpha value is -3.13. The number of carbonyl (C=O) groups excluding carboxylic acids is 1. The van der Waals surface area contributed by atoms with E-state index in [1.807, 2.05) is 13.8 Å². The van der Waals surface area contributed by atoms with Crippen LogP contribution in [0.4, 0.5) is 16.0 Å². The van der Waals surface area contributed by atoms with Crippen molar-refractivity contribution in [2.45, 2.75) is 59.5 Å². The molecule has 32 heavy (non-hydrogen) atoms. The van der Waals surface area contributed by atoms with Gasteiger partial charge in [0.05, 0.1) is 12.3 Å². The quantitative estimate of drug-likeness (QED) is 0.463. The van der Waals surface area contributed by atoms with Gasteiger partial charge < -0.3 is 15.4 Å². The van der Waals surface area contributed by atoms with Crippen molar-refractivity contribution in [3.63, 3.8) is 0 Å². The lowest BCUT2D eigenvalue weighted by Gasteiger charge is -2.20. The van der Waals surface area contributed by atoms with E-state index in [0.29, 0.717) is 35.5 Å². The van der Waals surface area contributed by atoms with Crippen LogP contribution in [0, 0.1) is 11.7 Å². The van der Waals surface area contributed by atoms with Gasteiger partial charge in [-0.15, -0.1) is 0 Å². The summed E-state index contributed by atoms with van der Waals surface area (Å²) in [5, 5.41) is 12.4. The molecule has 0 bridgehead atoms. The summed E-state index contributed by atoms with van der Waals surface area (Å²) in [6, 6.07) is 0. The van der Waals surface area contributed by atoms with Crippen molar-refractivity contribution in [2.75, 3.05) is 5.32 Å². The number of anilines is 2. The minimum Gasteiger partial charge on any atom is -0.391 e. The fourth-order valence-electron chi connectivity index (χ4n) is 4.20. The van der Waals surface area contributed by atoms with E-state index in [-0.39, 0.29) is 30.0 Å². The molecule has 3 aromatic heterocycles. The maximum Gasteiger partial charge on any atom is 0.175 e. The summed E-state index contributed by atoms with van der Waals surface area (Å²) >= 11 is 0. The first kappa shape index (κ1) is 22.1. The Labute approximate surface area is 186 Å². The van der Waals surface area contributed by atoms with E-state index in [9.17, 15) is 9.90 Å². The highest BCUT2D eigenvalue weighted by Gasteiger charge is 2.32. The van der Waals surface area contributed by atoms with Crippen molar-refractivity contribution < 1.29 is 14.3 Å². The number of rotatable bonds is 7. The number of hydrogen-bond donors (Lipinski definition) is 3. The van der Waals surface area contributed by atoms with E-state index in [4.69, 9.17) is 0 Å². The lowest BCUT2D eigenvalue weighted by molar-refractivity contribution is 0.0937. The van der Waals surface area contributed by atoms with Crippen LogP contribution < -0.4 is 5.32 Å². The lowest BCUT2D eigenvalue weighted by atomic mass is 9.85. The third-order valence-corrected chi connectivity index (χ3v) is 6.20. The molecule has 0 fully saturated rings. The predicted molar refractivity (Wildman–Crippen MR) is 121 cm³/mol. The molecule has 7 nitrogen and oxygen atoms in total. The molecule has 0 saturated carbocycles. The smallest absolute Gasteiger partial charge is 0.175 e. The van der Waals surface area contributed by atoms with Gasteiger partial charge in [-0.1, -0.05) is 27.7 Å². The van der Waals surface area contributed by atoms with Gasteiger partial charge in [-0.25, -0.2) is 19.3 Å². The van der Waals surface area contributed by atoms with Gasteiger partial charge in [0.25, 0.3) is 0 Å². The van der Waals surface area contributed by atoms with Gasteiger partial charge in [0.1, 0.15) is 12.1 Å². The van der Waals surface area contributed by atoms with Crippen molar-refractivity contribution in [3.05, 3.63) is 52.5 Å². The molecule has 4 rings (SSSR count). The number of H-pyrrole nitrogens is 1. The molecule has 168 valence electrons. The monoisotopic (exact) mass is 437 g/mol. The summed E-state index contributed by atoms with van der Waals surface area (Å²) in [5.41, 5.74) is 4.84. The van der Waals surface area contributed by atoms with Crippen LogP contribution >= 0.6 is 0 Å². The zero-order chi connectivity index (χ0) is 23.0. The lowest BCUT2D eigenvalue weighted by Crippen LogP contribution is -2.15. The molecule has 1 unspecified atom stereocenters. The molecule has 0 spiro atoms. The first-order valence-corrected chi connectivity index (χ1v) is 11.0. The second-order valence-corrected chi connectivity index (χ2v) is 8.60. The van der Waals surface area contributed by atoms with Crippen LogP contribution in [0.5, 0.6) is 0 Å². The number of Topliss-reactive ketones (excluding diaryl/α,β-unsaturated/α-hetero) is 1. The van der Waals surface area contributed by atoms with E-state index in [0.717, 1.165) is 28.8 Å². The summed E-state index contributed by atoms with van der Waals surface area (Å²) in [7, 11) is 0. The average molecular weight is 438 g/mol. The Bertz CT molecular complexity index is 1170. The zero-order valence-electron chi connectivity index (χ0n) is 18.8. The van der Waals surface area contributed by atoms with E-state index >= 15 is 4.39 Å². The number of nitrogens with zero attached hydrogens (tertiary/aromatic N) is 3. The van der Waals surface area contributed by atoms with Crippen LogP contribution in [0.3, 0.4) is 0 Å². The van der Waals surface area contributed by atoms with E-state index < -0.39 is 5.82 Å². The molecule has 0 saturated heterocycles. The average Bonchev–Trinajstić information content (AvgIpc) is 3.19. The molecule has 0 amide bonds. The van der Waals surface area contributed by atoms with Crippen molar-refractivity contribution in [3.8, 4) is 11.3 Å². The van der Waals surface area contributed by atoms with Gasteiger partial charge in [0.15, 0.2) is 17.4 Å². The first-order valence-electron chi connectivity index (χ1n) is 11.0. The second kappa shape index (κ2) is 8.78. The van der Waals surface area contributed by atoms with E-state index in [2.05, 4.69) is 39.1 Å². The summed E-state index contributed by atoms with van der Waals surface area (Å²) in [6.45, 7) is 7.67. The Morgan fingerprint density at radius 2 is 2.00 bits per heavy atom. The molecular formula is C24H28FN5O2. The summed E-state index contributed by atoms with van der Waals surface area (Å²) in [5.74, 6) is -0.103. The second-order valence-electron chi connectivity index (χ2n) is 8.60. The highest BCUT2D eigenvalue weighted by atomic mass is 19.1. The first-order chi connectivity index (χ1) is 15.4. The van der Waals surface area contributed by atoms with Crippen molar-refractivity contribution >= 4 is 17.4 Å². The molecular weight excluding hydrogens is 409 g/mol. The Morgan fingerprint density at radius 1 is 1.22 bits per heavy atom. The van der Waals surface area contributed by atoms with Crippen LogP contribution in [-0.2, 0) is 19.4 Å². The highest BCUT2D eigenvalue weighted by molar-refractivity contribution is 6.02. The number of fused-ring (bicyclic) bond motifs is 3. The van der Waals surface area contributed by atoms with Gasteiger partial charge in [-0.2, -0.15) is 0 Å². The summed E-state index contributed by atoms with van der Waals surface area (Å²) in [6.07, 6.45) is 6.60. The van der Waals surface area contributed by atoms with Crippen molar-refractivity contribution in [1.82, 2.24) is 19.9 Å². The number of ketones is 1. The third kappa shape index (κ3) is 3.68. The fourth-order valence-corrected chi connectivity index (χ4v) is 4.20. The molecule has 1 aliphatic rings. The minimum atomic E-state index is -0.508. The molecule has 1 aliphatic carbocycles. The zero-order valence-corrected chi connectivity index (χ0v) is 18.8. The number of hydrogen-bond acceptors (Lipinski definition) is 6. The Kier molecular flexibility index (Phi) is 6.06. The standard InChI is InChI=1S/C24H28FN5O2/c1-5-13(4)20-18(22(32)12(2)3)16-7-6-14-9-27-24(19(25)17(14)21(16)29-20)30-23-15(10-31)8-26-11-28-23/h8-9,11-13,29,31H,5-7,10H2,1-4H3,(H,26,27,28,30). The molecule has 0 aromatic carbocycles. The number of carbonyl (C=O) groups is 1. The Balaban J connectivity index is 1.86. The molecule has 3 aromatic rings. The van der Waals surface area contributed by atoms with Gasteiger partial charge in [0.2, 0.25) is 0 Å². The van der Waals surface area contributed by atoms with E-state index in [1.165, 1.54) is 12.5 Å². The number of nitrogens with one attached hydrogen (secondary N) is 2. The van der Waals surface area contributed by atoms with Crippen LogP contribution in [0.15, 0.2) is 18.7 Å². The Morgan fingerprint density at radius 3 is 2.69 bits per heavy atom. The van der Waals surface area contributed by atoms with Gasteiger partial charge in [-0.05, 0) is 36.3 Å². The molecule has 0 radical (unpaired) electrons. The SMILES string of the molecule is CCC(C)c1[nH]c2c(c1C(=O)C(C)C)CCc1cnc(Nc3ncncc3CO)c(F)c1-2. The fraction of sp³-hybridized carbons (Fsp3) is 0.417. The van der Waals surface area contributed by atoms with Gasteiger partial charge >= 0.3 is 0 Å². The van der Waals surface area contributed by atoms with Crippen LogP contribution in [0.1, 0.15) is 72.8 Å². The number of aliphatic hydroxyl groups is 1. The third-order valence-electron chi connectivity index (χ3n) is 6.20. The van der Waals surface area contributed by atoms with Crippen LogP contribution in [0.2, 0.25) is 0 Å². The molecule has 0 aliphatic heterocycles. The molecule has 1 atom stereocenters. The number of halogens is 1. The minimum absolute atomic E-state index is 0.0152. The topological polar surface area (TPSA) is 104 Å². The summed E-state index contributed by atoms with van der Waals surface area (Å²) < 4.78 is 15.8. The molecule has 3 heterocycles. The molecule has 8 heteroatoms. The highest BCUT2D eigenvalue weighted by Crippen LogP contribution is 2.42. The van der Waals surface area contributed by atoms with Gasteiger partial charge in [-0.3, -0.25) is 4.79 Å². The van der Waals surface area contributed by atoms with Gasteiger partial charge in [0, 0.05) is 40.7 Å². The van der Waals surface area contributed by atoms with E-state index in [1.54, 1.807) is 6.20 Å². The van der Waals surface area contributed by atoms with Crippen LogP contribution in [-0.4, -0.2) is 30.8 Å². The number of aryl methyl sites for hydroxylation is 1. The predicted octanol–water partition coefficient (Wildman–Crippen LogP) is 4.69. The molecule has 3 N–H and O–H groups in total.